The molecule has 0 bridgehead atoms. The predicted octanol–water partition coefficient (Wildman–Crippen LogP) is 3.72. The van der Waals surface area contributed by atoms with Gasteiger partial charge in [-0.05, 0) is 49.7 Å². The van der Waals surface area contributed by atoms with Crippen LogP contribution in [0.1, 0.15) is 19.4 Å². The second-order valence-corrected chi connectivity index (χ2v) is 5.38. The van der Waals surface area contributed by atoms with E-state index in [1.54, 1.807) is 18.3 Å². The Morgan fingerprint density at radius 2 is 1.93 bits per heavy atom. The number of hydrogen-bond donors (Lipinski definition) is 2. The Labute approximate surface area is 176 Å². The van der Waals surface area contributed by atoms with E-state index in [0.717, 1.165) is 18.1 Å². The number of aromatic nitrogens is 1. The second-order valence-electron chi connectivity index (χ2n) is 5.38. The SMILES string of the molecule is CCNC(=NCc1ccnc(Oc2ccc(F)cc2)c1)NCCOCC.I. The molecule has 2 rings (SSSR count). The molecular formula is C19H26FIN4O2. The van der Waals surface area contributed by atoms with Crippen molar-refractivity contribution in [1.29, 1.82) is 0 Å². The molecule has 0 saturated carbocycles. The maximum atomic E-state index is 13.0. The average molecular weight is 488 g/mol. The van der Waals surface area contributed by atoms with Gasteiger partial charge in [0, 0.05) is 32.0 Å². The number of nitrogens with one attached hydrogen (secondary N) is 2. The molecule has 6 nitrogen and oxygen atoms in total. The van der Waals surface area contributed by atoms with E-state index in [9.17, 15) is 4.39 Å². The van der Waals surface area contributed by atoms with Gasteiger partial charge in [0.2, 0.25) is 5.88 Å². The highest BCUT2D eigenvalue weighted by molar-refractivity contribution is 14.0. The summed E-state index contributed by atoms with van der Waals surface area (Å²) in [5.41, 5.74) is 0.958. The van der Waals surface area contributed by atoms with Crippen molar-refractivity contribution < 1.29 is 13.9 Å². The van der Waals surface area contributed by atoms with Crippen LogP contribution < -0.4 is 15.4 Å². The third-order valence-electron chi connectivity index (χ3n) is 3.34. The molecule has 0 unspecified atom stereocenters. The largest absolute Gasteiger partial charge is 0.439 e. The summed E-state index contributed by atoms with van der Waals surface area (Å²) in [6.07, 6.45) is 1.67. The fraction of sp³-hybridized carbons (Fsp3) is 0.368. The number of hydrogen-bond acceptors (Lipinski definition) is 4. The van der Waals surface area contributed by atoms with Gasteiger partial charge in [-0.25, -0.2) is 14.4 Å². The number of benzene rings is 1. The van der Waals surface area contributed by atoms with E-state index in [2.05, 4.69) is 20.6 Å². The molecule has 2 aromatic rings. The number of nitrogens with zero attached hydrogens (tertiary/aromatic N) is 2. The van der Waals surface area contributed by atoms with Crippen LogP contribution in [0.25, 0.3) is 0 Å². The number of halogens is 2. The summed E-state index contributed by atoms with van der Waals surface area (Å²) in [5, 5.41) is 6.41. The molecule has 1 heterocycles. The molecule has 0 fully saturated rings. The van der Waals surface area contributed by atoms with Gasteiger partial charge >= 0.3 is 0 Å². The number of guanidine groups is 1. The lowest BCUT2D eigenvalue weighted by molar-refractivity contribution is 0.152. The Bertz CT molecular complexity index is 698. The fourth-order valence-corrected chi connectivity index (χ4v) is 2.13. The maximum Gasteiger partial charge on any atom is 0.219 e. The van der Waals surface area contributed by atoms with Crippen molar-refractivity contribution in [2.45, 2.75) is 20.4 Å². The minimum atomic E-state index is -0.304. The van der Waals surface area contributed by atoms with Gasteiger partial charge in [-0.2, -0.15) is 0 Å². The smallest absolute Gasteiger partial charge is 0.219 e. The highest BCUT2D eigenvalue weighted by Gasteiger charge is 2.02. The summed E-state index contributed by atoms with van der Waals surface area (Å²) in [5.74, 6) is 1.40. The Morgan fingerprint density at radius 3 is 2.63 bits per heavy atom. The zero-order valence-electron chi connectivity index (χ0n) is 15.6. The van der Waals surface area contributed by atoms with Crippen molar-refractivity contribution in [1.82, 2.24) is 15.6 Å². The van der Waals surface area contributed by atoms with Crippen LogP contribution in [0.4, 0.5) is 4.39 Å². The van der Waals surface area contributed by atoms with E-state index in [1.165, 1.54) is 12.1 Å². The monoisotopic (exact) mass is 488 g/mol. The van der Waals surface area contributed by atoms with E-state index < -0.39 is 0 Å². The topological polar surface area (TPSA) is 67.8 Å². The van der Waals surface area contributed by atoms with E-state index in [1.807, 2.05) is 26.0 Å². The van der Waals surface area contributed by atoms with Crippen molar-refractivity contribution in [2.75, 3.05) is 26.3 Å². The molecule has 0 radical (unpaired) electrons. The van der Waals surface area contributed by atoms with Gasteiger partial charge in [-0.3, -0.25) is 0 Å². The minimum Gasteiger partial charge on any atom is -0.439 e. The standard InChI is InChI=1S/C19H25FN4O2.HI/c1-3-21-19(23-11-12-25-4-2)24-14-15-9-10-22-18(13-15)26-17-7-5-16(20)6-8-17;/h5-10,13H,3-4,11-12,14H2,1-2H3,(H2,21,23,24);1H. The molecule has 0 spiro atoms. The normalized spacial score (nSPS) is 10.9. The molecule has 27 heavy (non-hydrogen) atoms. The van der Waals surface area contributed by atoms with Crippen molar-refractivity contribution in [3.8, 4) is 11.6 Å². The molecule has 8 heteroatoms. The van der Waals surface area contributed by atoms with Crippen LogP contribution in [0.2, 0.25) is 0 Å². The first-order valence-corrected chi connectivity index (χ1v) is 8.69. The molecule has 2 N–H and O–H groups in total. The second kappa shape index (κ2) is 13.3. The van der Waals surface area contributed by atoms with Gasteiger partial charge < -0.3 is 20.1 Å². The van der Waals surface area contributed by atoms with Crippen LogP contribution in [0.3, 0.4) is 0 Å². The zero-order valence-corrected chi connectivity index (χ0v) is 17.9. The Hall–Kier alpha value is -1.94. The summed E-state index contributed by atoms with van der Waals surface area (Å²) in [6, 6.07) is 9.52. The van der Waals surface area contributed by atoms with Gasteiger partial charge in [0.1, 0.15) is 11.6 Å². The van der Waals surface area contributed by atoms with Crippen molar-refractivity contribution >= 4 is 29.9 Å². The van der Waals surface area contributed by atoms with Crippen molar-refractivity contribution in [3.63, 3.8) is 0 Å². The van der Waals surface area contributed by atoms with Crippen LogP contribution in [0, 0.1) is 5.82 Å². The van der Waals surface area contributed by atoms with Crippen LogP contribution in [0.15, 0.2) is 47.6 Å². The molecule has 1 aromatic heterocycles. The average Bonchev–Trinajstić information content (AvgIpc) is 2.65. The Morgan fingerprint density at radius 1 is 1.15 bits per heavy atom. The first kappa shape index (κ1) is 23.1. The van der Waals surface area contributed by atoms with E-state index >= 15 is 0 Å². The van der Waals surface area contributed by atoms with Crippen LogP contribution >= 0.6 is 24.0 Å². The van der Waals surface area contributed by atoms with Gasteiger partial charge in [0.15, 0.2) is 5.96 Å². The Kier molecular flexibility index (Phi) is 11.3. The summed E-state index contributed by atoms with van der Waals surface area (Å²) in [4.78, 5) is 8.73. The molecule has 1 aromatic carbocycles. The molecule has 0 aliphatic heterocycles. The van der Waals surface area contributed by atoms with Gasteiger partial charge in [-0.15, -0.1) is 24.0 Å². The van der Waals surface area contributed by atoms with Crippen molar-refractivity contribution in [2.24, 2.45) is 4.99 Å². The number of rotatable bonds is 9. The van der Waals surface area contributed by atoms with Crippen molar-refractivity contribution in [3.05, 3.63) is 54.0 Å². The summed E-state index contributed by atoms with van der Waals surface area (Å²) in [6.45, 7) is 7.25. The zero-order chi connectivity index (χ0) is 18.6. The number of ether oxygens (including phenoxy) is 2. The molecule has 0 saturated heterocycles. The molecular weight excluding hydrogens is 462 g/mol. The summed E-state index contributed by atoms with van der Waals surface area (Å²) in [7, 11) is 0. The fourth-order valence-electron chi connectivity index (χ4n) is 2.13. The van der Waals surface area contributed by atoms with Crippen LogP contribution in [-0.2, 0) is 11.3 Å². The van der Waals surface area contributed by atoms with E-state index in [-0.39, 0.29) is 29.8 Å². The lowest BCUT2D eigenvalue weighted by Crippen LogP contribution is -2.39. The first-order valence-electron chi connectivity index (χ1n) is 8.69. The summed E-state index contributed by atoms with van der Waals surface area (Å²) >= 11 is 0. The molecule has 148 valence electrons. The van der Waals surface area contributed by atoms with Crippen LogP contribution in [0.5, 0.6) is 11.6 Å². The first-order chi connectivity index (χ1) is 12.7. The maximum absolute atomic E-state index is 13.0. The van der Waals surface area contributed by atoms with Gasteiger partial charge in [-0.1, -0.05) is 0 Å². The Balaban J connectivity index is 0.00000364. The van der Waals surface area contributed by atoms with Crippen LogP contribution in [-0.4, -0.2) is 37.2 Å². The summed E-state index contributed by atoms with van der Waals surface area (Å²) < 4.78 is 23.9. The highest BCUT2D eigenvalue weighted by atomic mass is 127. The van der Waals surface area contributed by atoms with E-state index in [0.29, 0.717) is 37.9 Å². The third-order valence-corrected chi connectivity index (χ3v) is 3.34. The molecule has 0 aliphatic carbocycles. The predicted molar refractivity (Wildman–Crippen MR) is 115 cm³/mol. The quantitative estimate of drug-likeness (QED) is 0.244. The minimum absolute atomic E-state index is 0. The van der Waals surface area contributed by atoms with Gasteiger partial charge in [0.05, 0.1) is 13.2 Å². The number of pyridine rings is 1. The lowest BCUT2D eigenvalue weighted by Gasteiger charge is -2.11. The molecule has 0 aliphatic rings. The highest BCUT2D eigenvalue weighted by Crippen LogP contribution is 2.20. The third kappa shape index (κ3) is 9.00. The molecule has 0 atom stereocenters. The lowest BCUT2D eigenvalue weighted by atomic mass is 10.2. The number of aliphatic imine (C=N–C) groups is 1. The van der Waals surface area contributed by atoms with Gasteiger partial charge in [0.25, 0.3) is 0 Å². The van der Waals surface area contributed by atoms with E-state index in [4.69, 9.17) is 9.47 Å². The molecule has 0 amide bonds.